The average Bonchev–Trinajstić information content (AvgIpc) is 2.36. The zero-order chi connectivity index (χ0) is 13.0. The Morgan fingerprint density at radius 1 is 1.50 bits per heavy atom. The Kier molecular flexibility index (Phi) is 4.55. The molecule has 1 unspecified atom stereocenters. The number of nitrogen functional groups attached to an aromatic ring is 1. The van der Waals surface area contributed by atoms with Crippen LogP contribution in [0.4, 0.5) is 10.1 Å². The van der Waals surface area contributed by atoms with Gasteiger partial charge in [-0.15, -0.1) is 0 Å². The summed E-state index contributed by atoms with van der Waals surface area (Å²) in [5.41, 5.74) is 6.86. The van der Waals surface area contributed by atoms with Crippen LogP contribution in [0.3, 0.4) is 0 Å². The molecule has 0 bridgehead atoms. The Hall–Kier alpha value is -1.13. The van der Waals surface area contributed by atoms with Gasteiger partial charge < -0.3 is 15.4 Å². The largest absolute Gasteiger partial charge is 0.396 e. The molecule has 18 heavy (non-hydrogen) atoms. The molecule has 1 aromatic rings. The molecule has 100 valence electrons. The molecule has 2 N–H and O–H groups in total. The van der Waals surface area contributed by atoms with Crippen LogP contribution < -0.4 is 5.73 Å². The maximum absolute atomic E-state index is 13.3. The van der Waals surface area contributed by atoms with Gasteiger partial charge in [-0.1, -0.05) is 12.1 Å². The number of ether oxygens (including phenoxy) is 1. The van der Waals surface area contributed by atoms with Crippen LogP contribution in [-0.4, -0.2) is 31.7 Å². The van der Waals surface area contributed by atoms with Crippen LogP contribution in [0.15, 0.2) is 18.2 Å². The molecule has 3 nitrogen and oxygen atoms in total. The van der Waals surface area contributed by atoms with Crippen LogP contribution >= 0.6 is 0 Å². The van der Waals surface area contributed by atoms with E-state index in [4.69, 9.17) is 10.5 Å². The smallest absolute Gasteiger partial charge is 0.146 e. The summed E-state index contributed by atoms with van der Waals surface area (Å²) in [6.07, 6.45) is 2.35. The van der Waals surface area contributed by atoms with Crippen molar-refractivity contribution < 1.29 is 9.13 Å². The van der Waals surface area contributed by atoms with Crippen molar-refractivity contribution in [1.29, 1.82) is 0 Å². The summed E-state index contributed by atoms with van der Waals surface area (Å²) >= 11 is 0. The van der Waals surface area contributed by atoms with Crippen molar-refractivity contribution in [2.45, 2.75) is 19.4 Å². The highest BCUT2D eigenvalue weighted by Gasteiger charge is 2.16. The molecule has 0 spiro atoms. The zero-order valence-electron chi connectivity index (χ0n) is 10.9. The maximum Gasteiger partial charge on any atom is 0.146 e. The van der Waals surface area contributed by atoms with Crippen molar-refractivity contribution in [3.05, 3.63) is 29.6 Å². The molecule has 0 aliphatic carbocycles. The summed E-state index contributed by atoms with van der Waals surface area (Å²) in [6.45, 7) is 3.37. The van der Waals surface area contributed by atoms with E-state index >= 15 is 0 Å². The average molecular weight is 252 g/mol. The van der Waals surface area contributed by atoms with Gasteiger partial charge in [0.2, 0.25) is 0 Å². The highest BCUT2D eigenvalue weighted by molar-refractivity contribution is 5.47. The second-order valence-electron chi connectivity index (χ2n) is 5.09. The minimum atomic E-state index is -0.332. The number of anilines is 1. The number of para-hydroxylation sites is 1. The summed E-state index contributed by atoms with van der Waals surface area (Å²) in [7, 11) is 2.04. The normalized spacial score (nSPS) is 20.3. The highest BCUT2D eigenvalue weighted by Crippen LogP contribution is 2.19. The minimum absolute atomic E-state index is 0.268. The van der Waals surface area contributed by atoms with E-state index in [9.17, 15) is 4.39 Å². The van der Waals surface area contributed by atoms with Crippen LogP contribution in [0.1, 0.15) is 18.4 Å². The van der Waals surface area contributed by atoms with Gasteiger partial charge in [-0.2, -0.15) is 0 Å². The first-order chi connectivity index (χ1) is 8.66. The second kappa shape index (κ2) is 6.16. The van der Waals surface area contributed by atoms with Gasteiger partial charge in [0, 0.05) is 19.7 Å². The fourth-order valence-corrected chi connectivity index (χ4v) is 2.47. The number of hydrogen-bond donors (Lipinski definition) is 1. The lowest BCUT2D eigenvalue weighted by Gasteiger charge is -2.27. The van der Waals surface area contributed by atoms with Gasteiger partial charge in [-0.05, 0) is 37.4 Å². The molecule has 1 aliphatic rings. The molecule has 1 atom stereocenters. The monoisotopic (exact) mass is 252 g/mol. The van der Waals surface area contributed by atoms with E-state index in [2.05, 4.69) is 4.90 Å². The Morgan fingerprint density at radius 3 is 3.06 bits per heavy atom. The number of benzene rings is 1. The number of nitrogens with two attached hydrogens (primary N) is 1. The number of halogens is 1. The summed E-state index contributed by atoms with van der Waals surface area (Å²) in [6, 6.07) is 4.98. The number of rotatable bonds is 4. The number of nitrogens with zero attached hydrogens (tertiary/aromatic N) is 1. The van der Waals surface area contributed by atoms with Crippen molar-refractivity contribution in [3.8, 4) is 0 Å². The van der Waals surface area contributed by atoms with Gasteiger partial charge in [-0.3, -0.25) is 0 Å². The van der Waals surface area contributed by atoms with Crippen molar-refractivity contribution in [2.75, 3.05) is 32.5 Å². The van der Waals surface area contributed by atoms with Gasteiger partial charge in [0.15, 0.2) is 0 Å². The molecular weight excluding hydrogens is 231 g/mol. The molecule has 4 heteroatoms. The quantitative estimate of drug-likeness (QED) is 0.835. The summed E-state index contributed by atoms with van der Waals surface area (Å²) in [5.74, 6) is 0.250. The zero-order valence-corrected chi connectivity index (χ0v) is 10.9. The first kappa shape index (κ1) is 13.3. The van der Waals surface area contributed by atoms with Gasteiger partial charge >= 0.3 is 0 Å². The third-order valence-corrected chi connectivity index (χ3v) is 3.41. The molecule has 1 aliphatic heterocycles. The lowest BCUT2D eigenvalue weighted by Crippen LogP contribution is -2.30. The molecule has 0 amide bonds. The molecule has 2 rings (SSSR count). The summed E-state index contributed by atoms with van der Waals surface area (Å²) < 4.78 is 18.8. The second-order valence-corrected chi connectivity index (χ2v) is 5.09. The molecular formula is C14H21FN2O. The van der Waals surface area contributed by atoms with E-state index in [1.165, 1.54) is 12.5 Å². The van der Waals surface area contributed by atoms with Crippen LogP contribution in [-0.2, 0) is 11.3 Å². The van der Waals surface area contributed by atoms with Gasteiger partial charge in [0.05, 0.1) is 12.3 Å². The van der Waals surface area contributed by atoms with E-state index in [-0.39, 0.29) is 11.5 Å². The Morgan fingerprint density at radius 2 is 2.33 bits per heavy atom. The van der Waals surface area contributed by atoms with E-state index in [0.29, 0.717) is 12.5 Å². The van der Waals surface area contributed by atoms with E-state index in [1.54, 1.807) is 6.07 Å². The minimum Gasteiger partial charge on any atom is -0.396 e. The summed E-state index contributed by atoms with van der Waals surface area (Å²) in [5, 5.41) is 0. The van der Waals surface area contributed by atoms with Gasteiger partial charge in [-0.25, -0.2) is 4.39 Å². The third-order valence-electron chi connectivity index (χ3n) is 3.41. The topological polar surface area (TPSA) is 38.5 Å². The SMILES string of the molecule is CN(Cc1cccc(F)c1N)CC1CCCOC1. The first-order valence-electron chi connectivity index (χ1n) is 6.46. The molecule has 0 radical (unpaired) electrons. The molecule has 1 heterocycles. The van der Waals surface area contributed by atoms with Crippen molar-refractivity contribution >= 4 is 5.69 Å². The molecule has 1 aromatic carbocycles. The summed E-state index contributed by atoms with van der Waals surface area (Å²) in [4.78, 5) is 2.18. The van der Waals surface area contributed by atoms with E-state index < -0.39 is 0 Å². The predicted octanol–water partition coefficient (Wildman–Crippen LogP) is 2.27. The molecule has 0 saturated carbocycles. The fraction of sp³-hybridized carbons (Fsp3) is 0.571. The lowest BCUT2D eigenvalue weighted by molar-refractivity contribution is 0.0412. The van der Waals surface area contributed by atoms with Crippen LogP contribution in [0.25, 0.3) is 0 Å². The van der Waals surface area contributed by atoms with Crippen molar-refractivity contribution in [2.24, 2.45) is 5.92 Å². The van der Waals surface area contributed by atoms with Crippen molar-refractivity contribution in [3.63, 3.8) is 0 Å². The highest BCUT2D eigenvalue weighted by atomic mass is 19.1. The Bertz CT molecular complexity index is 391. The predicted molar refractivity (Wildman–Crippen MR) is 70.7 cm³/mol. The molecule has 0 aromatic heterocycles. The lowest BCUT2D eigenvalue weighted by atomic mass is 10.0. The van der Waals surface area contributed by atoms with E-state index in [1.807, 2.05) is 13.1 Å². The number of hydrogen-bond acceptors (Lipinski definition) is 3. The van der Waals surface area contributed by atoms with Gasteiger partial charge in [0.25, 0.3) is 0 Å². The fourth-order valence-electron chi connectivity index (χ4n) is 2.47. The van der Waals surface area contributed by atoms with Crippen LogP contribution in [0.2, 0.25) is 0 Å². The Labute approximate surface area is 108 Å². The van der Waals surface area contributed by atoms with Crippen LogP contribution in [0, 0.1) is 11.7 Å². The van der Waals surface area contributed by atoms with E-state index in [0.717, 1.165) is 31.7 Å². The maximum atomic E-state index is 13.3. The first-order valence-corrected chi connectivity index (χ1v) is 6.46. The third kappa shape index (κ3) is 3.43. The van der Waals surface area contributed by atoms with Crippen molar-refractivity contribution in [1.82, 2.24) is 4.90 Å². The van der Waals surface area contributed by atoms with Crippen LogP contribution in [0.5, 0.6) is 0 Å². The standard InChI is InChI=1S/C14H21FN2O/c1-17(8-11-4-3-7-18-10-11)9-12-5-2-6-13(15)14(12)16/h2,5-6,11H,3-4,7-10,16H2,1H3. The molecule has 1 fully saturated rings. The van der Waals surface area contributed by atoms with Gasteiger partial charge in [0.1, 0.15) is 5.82 Å². The Balaban J connectivity index is 1.90. The molecule has 1 saturated heterocycles.